The van der Waals surface area contributed by atoms with Crippen LogP contribution in [-0.4, -0.2) is 66.8 Å². The Balaban J connectivity index is 1.65. The largest absolute Gasteiger partial charge is 0.328 e. The third-order valence-corrected chi connectivity index (χ3v) is 6.67. The summed E-state index contributed by atoms with van der Waals surface area (Å²) in [5.41, 5.74) is 1.50. The van der Waals surface area contributed by atoms with Crippen LogP contribution in [0.1, 0.15) is 27.2 Å². The SMILES string of the molecule is CC1=CN2C(=NC3C2C(=O)N(CCC(C)C)C(=O)N3C)N1c1ccc(S(N)(=O)=O)cc1. The minimum Gasteiger partial charge on any atom is -0.302 e. The van der Waals surface area contributed by atoms with Gasteiger partial charge in [-0.2, -0.15) is 0 Å². The lowest BCUT2D eigenvalue weighted by Crippen LogP contribution is -2.64. The van der Waals surface area contributed by atoms with Gasteiger partial charge in [0.15, 0.2) is 12.2 Å². The first-order valence-corrected chi connectivity index (χ1v) is 11.6. The lowest BCUT2D eigenvalue weighted by molar-refractivity contribution is -0.136. The van der Waals surface area contributed by atoms with E-state index in [4.69, 9.17) is 10.1 Å². The van der Waals surface area contributed by atoms with Crippen LogP contribution in [0.5, 0.6) is 0 Å². The Morgan fingerprint density at radius 2 is 1.81 bits per heavy atom. The van der Waals surface area contributed by atoms with Gasteiger partial charge in [0.25, 0.3) is 5.91 Å². The van der Waals surface area contributed by atoms with E-state index in [-0.39, 0.29) is 16.8 Å². The number of hydrogen-bond acceptors (Lipinski definition) is 7. The molecule has 166 valence electrons. The van der Waals surface area contributed by atoms with Gasteiger partial charge in [0.2, 0.25) is 16.0 Å². The summed E-state index contributed by atoms with van der Waals surface area (Å²) in [7, 11) is -2.14. The summed E-state index contributed by atoms with van der Waals surface area (Å²) >= 11 is 0. The van der Waals surface area contributed by atoms with Crippen molar-refractivity contribution in [3.63, 3.8) is 0 Å². The zero-order chi connectivity index (χ0) is 22.7. The average molecular weight is 447 g/mol. The number of fused-ring (bicyclic) bond motifs is 3. The van der Waals surface area contributed by atoms with Gasteiger partial charge in [0.1, 0.15) is 0 Å². The number of nitrogens with zero attached hydrogens (tertiary/aromatic N) is 5. The molecule has 10 nitrogen and oxygen atoms in total. The van der Waals surface area contributed by atoms with E-state index in [0.29, 0.717) is 24.1 Å². The predicted molar refractivity (Wildman–Crippen MR) is 115 cm³/mol. The maximum Gasteiger partial charge on any atom is 0.328 e. The number of urea groups is 1. The maximum absolute atomic E-state index is 13.3. The highest BCUT2D eigenvalue weighted by Gasteiger charge is 2.54. The number of carbonyl (C=O) groups excluding carboxylic acids is 2. The summed E-state index contributed by atoms with van der Waals surface area (Å²) in [6.45, 7) is 6.34. The van der Waals surface area contributed by atoms with Crippen molar-refractivity contribution in [1.82, 2.24) is 14.7 Å². The fraction of sp³-hybridized carbons (Fsp3) is 0.450. The minimum absolute atomic E-state index is 0.0114. The number of hydrogen-bond donors (Lipinski definition) is 1. The number of likely N-dealkylation sites (N-methyl/N-ethyl adjacent to an activating group) is 1. The van der Waals surface area contributed by atoms with E-state index < -0.39 is 22.2 Å². The molecule has 11 heteroatoms. The molecule has 2 N–H and O–H groups in total. The molecule has 3 aliphatic rings. The van der Waals surface area contributed by atoms with Crippen LogP contribution in [0, 0.1) is 5.92 Å². The quantitative estimate of drug-likeness (QED) is 0.729. The smallest absolute Gasteiger partial charge is 0.302 e. The third kappa shape index (κ3) is 3.47. The maximum atomic E-state index is 13.3. The van der Waals surface area contributed by atoms with Crippen LogP contribution < -0.4 is 10.0 Å². The number of carbonyl (C=O) groups is 2. The number of amides is 3. The second kappa shape index (κ2) is 7.34. The van der Waals surface area contributed by atoms with Crippen molar-refractivity contribution in [1.29, 1.82) is 0 Å². The number of anilines is 1. The average Bonchev–Trinajstić information content (AvgIpc) is 3.20. The van der Waals surface area contributed by atoms with Crippen molar-refractivity contribution in [2.75, 3.05) is 18.5 Å². The number of imide groups is 1. The number of aliphatic imine (C=N–C) groups is 1. The van der Waals surface area contributed by atoms with Gasteiger partial charge in [0.05, 0.1) is 4.90 Å². The van der Waals surface area contributed by atoms with Crippen molar-refractivity contribution in [2.45, 2.75) is 44.3 Å². The first kappa shape index (κ1) is 21.3. The van der Waals surface area contributed by atoms with Crippen LogP contribution in [0.2, 0.25) is 0 Å². The normalized spacial score (nSPS) is 23.4. The first-order valence-electron chi connectivity index (χ1n) is 10.1. The van der Waals surface area contributed by atoms with Crippen molar-refractivity contribution in [3.8, 4) is 0 Å². The van der Waals surface area contributed by atoms with E-state index in [1.165, 1.54) is 21.9 Å². The lowest BCUT2D eigenvalue weighted by atomic mass is 10.1. The van der Waals surface area contributed by atoms with Crippen LogP contribution in [0.4, 0.5) is 10.5 Å². The molecule has 0 aliphatic carbocycles. The number of primary sulfonamides is 1. The Morgan fingerprint density at radius 3 is 2.39 bits per heavy atom. The number of sulfonamides is 1. The van der Waals surface area contributed by atoms with E-state index in [0.717, 1.165) is 12.1 Å². The van der Waals surface area contributed by atoms with Crippen molar-refractivity contribution in [3.05, 3.63) is 36.2 Å². The summed E-state index contributed by atoms with van der Waals surface area (Å²) < 4.78 is 23.1. The molecule has 3 aliphatic heterocycles. The Kier molecular flexibility index (Phi) is 5.05. The van der Waals surface area contributed by atoms with Gasteiger partial charge < -0.3 is 9.80 Å². The number of guanidine groups is 1. The molecule has 1 fully saturated rings. The van der Waals surface area contributed by atoms with Gasteiger partial charge in [-0.15, -0.1) is 0 Å². The fourth-order valence-corrected chi connectivity index (χ4v) is 4.57. The second-order valence-electron chi connectivity index (χ2n) is 8.41. The van der Waals surface area contributed by atoms with Gasteiger partial charge in [-0.1, -0.05) is 13.8 Å². The standard InChI is InChI=1S/C20H26N6O4S/c1-12(2)9-10-24-18(27)16-17(23(4)20(24)28)22-19-25(16)11-13(3)26(19)14-5-7-15(8-6-14)31(21,29)30/h5-8,11-12,16-17H,9-10H2,1-4H3,(H2,21,29,30). The molecule has 3 heterocycles. The molecule has 1 aromatic carbocycles. The monoisotopic (exact) mass is 446 g/mol. The summed E-state index contributed by atoms with van der Waals surface area (Å²) in [6, 6.07) is 5.15. The molecule has 31 heavy (non-hydrogen) atoms. The molecule has 1 saturated heterocycles. The van der Waals surface area contributed by atoms with Crippen molar-refractivity contribution in [2.24, 2.45) is 16.0 Å². The molecule has 3 amide bonds. The van der Waals surface area contributed by atoms with E-state index in [1.807, 2.05) is 31.9 Å². The van der Waals surface area contributed by atoms with Crippen LogP contribution in [0.3, 0.4) is 0 Å². The zero-order valence-corrected chi connectivity index (χ0v) is 18.7. The molecule has 0 saturated carbocycles. The van der Waals surface area contributed by atoms with Crippen LogP contribution in [0.25, 0.3) is 0 Å². The van der Waals surface area contributed by atoms with Crippen LogP contribution >= 0.6 is 0 Å². The van der Waals surface area contributed by atoms with E-state index in [9.17, 15) is 18.0 Å². The topological polar surface area (TPSA) is 120 Å². The van der Waals surface area contributed by atoms with Gasteiger partial charge in [-0.05, 0) is 43.5 Å². The predicted octanol–water partition coefficient (Wildman–Crippen LogP) is 1.32. The molecule has 2 atom stereocenters. The van der Waals surface area contributed by atoms with E-state index in [1.54, 1.807) is 24.1 Å². The van der Waals surface area contributed by atoms with Crippen LogP contribution in [0.15, 0.2) is 46.1 Å². The number of benzene rings is 1. The van der Waals surface area contributed by atoms with Crippen molar-refractivity contribution < 1.29 is 18.0 Å². The third-order valence-electron chi connectivity index (χ3n) is 5.74. The molecular weight excluding hydrogens is 420 g/mol. The highest BCUT2D eigenvalue weighted by atomic mass is 32.2. The minimum atomic E-state index is -3.80. The Labute approximate surface area is 181 Å². The summed E-state index contributed by atoms with van der Waals surface area (Å²) in [4.78, 5) is 37.2. The Morgan fingerprint density at radius 1 is 1.16 bits per heavy atom. The molecule has 2 unspecified atom stereocenters. The second-order valence-corrected chi connectivity index (χ2v) is 9.97. The molecule has 1 aromatic rings. The zero-order valence-electron chi connectivity index (χ0n) is 17.9. The highest BCUT2D eigenvalue weighted by molar-refractivity contribution is 7.89. The number of nitrogens with two attached hydrogens (primary N) is 1. The number of rotatable bonds is 5. The van der Waals surface area contributed by atoms with Gasteiger partial charge in [-0.25, -0.2) is 23.3 Å². The van der Waals surface area contributed by atoms with Gasteiger partial charge in [0, 0.05) is 31.2 Å². The molecule has 0 aromatic heterocycles. The Hall–Kier alpha value is -2.92. The molecular formula is C20H26N6O4S. The van der Waals surface area contributed by atoms with Gasteiger partial charge in [-0.3, -0.25) is 14.6 Å². The summed E-state index contributed by atoms with van der Waals surface area (Å²) in [6.07, 6.45) is 1.94. The molecule has 4 rings (SSSR count). The molecule has 0 spiro atoms. The van der Waals surface area contributed by atoms with Gasteiger partial charge >= 0.3 is 6.03 Å². The first-order chi connectivity index (χ1) is 14.5. The van der Waals surface area contributed by atoms with Crippen LogP contribution in [-0.2, 0) is 14.8 Å². The van der Waals surface area contributed by atoms with E-state index >= 15 is 0 Å². The fourth-order valence-electron chi connectivity index (χ4n) is 4.05. The lowest BCUT2D eigenvalue weighted by Gasteiger charge is -2.40. The Bertz CT molecular complexity index is 1100. The molecule has 0 bridgehead atoms. The highest BCUT2D eigenvalue weighted by Crippen LogP contribution is 2.36. The summed E-state index contributed by atoms with van der Waals surface area (Å²) in [5.74, 6) is 0.626. The summed E-state index contributed by atoms with van der Waals surface area (Å²) in [5, 5.41) is 5.19. The number of allylic oxidation sites excluding steroid dienone is 1. The molecule has 0 radical (unpaired) electrons. The van der Waals surface area contributed by atoms with Crippen molar-refractivity contribution >= 4 is 33.6 Å². The van der Waals surface area contributed by atoms with E-state index in [2.05, 4.69) is 0 Å².